The van der Waals surface area contributed by atoms with Crippen molar-refractivity contribution in [3.8, 4) is 0 Å². The average molecular weight is 297 g/mol. The third kappa shape index (κ3) is 2.71. The molecule has 0 aliphatic heterocycles. The van der Waals surface area contributed by atoms with Crippen LogP contribution in [0.3, 0.4) is 0 Å². The first-order valence-corrected chi connectivity index (χ1v) is 7.36. The molecule has 0 bridgehead atoms. The van der Waals surface area contributed by atoms with Gasteiger partial charge in [-0.15, -0.1) is 5.10 Å². The molecule has 1 aromatic heterocycles. The lowest BCUT2D eigenvalue weighted by molar-refractivity contribution is 0.479. The number of aromatic nitrogens is 2. The predicted molar refractivity (Wildman–Crippen MR) is 75.9 cm³/mol. The van der Waals surface area contributed by atoms with E-state index >= 15 is 0 Å². The molecule has 0 amide bonds. The fourth-order valence-corrected chi connectivity index (χ4v) is 2.95. The van der Waals surface area contributed by atoms with Crippen molar-refractivity contribution >= 4 is 11.5 Å². The highest BCUT2D eigenvalue weighted by Crippen LogP contribution is 2.30. The quantitative estimate of drug-likeness (QED) is 0.919. The van der Waals surface area contributed by atoms with Crippen molar-refractivity contribution in [2.75, 3.05) is 6.54 Å². The van der Waals surface area contributed by atoms with E-state index in [-0.39, 0.29) is 0 Å². The lowest BCUT2D eigenvalue weighted by Crippen LogP contribution is -2.23. The lowest BCUT2D eigenvalue weighted by atomic mass is 10.0. The lowest BCUT2D eigenvalue weighted by Gasteiger charge is -2.18. The van der Waals surface area contributed by atoms with Gasteiger partial charge in [0.25, 0.3) is 0 Å². The van der Waals surface area contributed by atoms with Crippen molar-refractivity contribution in [3.05, 3.63) is 45.5 Å². The molecule has 2 rings (SSSR count). The number of hydrogen-bond donors (Lipinski definition) is 1. The minimum absolute atomic E-state index is 0.302. The summed E-state index contributed by atoms with van der Waals surface area (Å²) < 4.78 is 31.9. The third-order valence-electron chi connectivity index (χ3n) is 3.21. The Bertz CT molecular complexity index is 598. The standard InChI is InChI=1S/C14H17F2N3S/c1-4-10-14(20-19-18-10)13(17-5-2)9-7-6-8(3)11(15)12(9)16/h6-7,13,17H,4-5H2,1-3H3. The van der Waals surface area contributed by atoms with Crippen molar-refractivity contribution in [3.63, 3.8) is 0 Å². The Balaban J connectivity index is 2.52. The van der Waals surface area contributed by atoms with Crippen LogP contribution in [0.25, 0.3) is 0 Å². The molecule has 0 aliphatic rings. The van der Waals surface area contributed by atoms with Crippen LogP contribution < -0.4 is 5.32 Å². The first-order chi connectivity index (χ1) is 9.60. The van der Waals surface area contributed by atoms with Crippen LogP contribution in [-0.4, -0.2) is 16.1 Å². The second-order valence-electron chi connectivity index (χ2n) is 4.53. The van der Waals surface area contributed by atoms with Gasteiger partial charge < -0.3 is 5.32 Å². The van der Waals surface area contributed by atoms with E-state index in [0.717, 1.165) is 10.6 Å². The van der Waals surface area contributed by atoms with Crippen LogP contribution in [0.1, 0.15) is 41.6 Å². The number of aryl methyl sites for hydroxylation is 2. The van der Waals surface area contributed by atoms with Crippen molar-refractivity contribution in [1.29, 1.82) is 0 Å². The van der Waals surface area contributed by atoms with Crippen LogP contribution in [0.5, 0.6) is 0 Å². The molecule has 1 unspecified atom stereocenters. The predicted octanol–water partition coefficient (Wildman–Crippen LogP) is 3.39. The Kier molecular flexibility index (Phi) is 4.77. The van der Waals surface area contributed by atoms with Crippen LogP contribution in [-0.2, 0) is 6.42 Å². The van der Waals surface area contributed by atoms with E-state index in [9.17, 15) is 8.78 Å². The Morgan fingerprint density at radius 3 is 2.65 bits per heavy atom. The molecule has 0 spiro atoms. The van der Waals surface area contributed by atoms with Gasteiger partial charge in [0, 0.05) is 5.56 Å². The summed E-state index contributed by atoms with van der Waals surface area (Å²) in [6.45, 7) is 6.09. The molecule has 1 aromatic carbocycles. The summed E-state index contributed by atoms with van der Waals surface area (Å²) in [5.74, 6) is -1.59. The summed E-state index contributed by atoms with van der Waals surface area (Å²) in [5.41, 5.74) is 1.43. The Morgan fingerprint density at radius 1 is 1.25 bits per heavy atom. The molecule has 2 aromatic rings. The summed E-state index contributed by atoms with van der Waals surface area (Å²) >= 11 is 1.22. The third-order valence-corrected chi connectivity index (χ3v) is 4.04. The molecule has 108 valence electrons. The molecule has 3 nitrogen and oxygen atoms in total. The molecule has 0 aliphatic carbocycles. The van der Waals surface area contributed by atoms with Gasteiger partial charge in [-0.25, -0.2) is 8.78 Å². The smallest absolute Gasteiger partial charge is 0.164 e. The number of nitrogens with zero attached hydrogens (tertiary/aromatic N) is 2. The SMILES string of the molecule is CCNC(c1ccc(C)c(F)c1F)c1snnc1CC. The van der Waals surface area contributed by atoms with Gasteiger partial charge in [0.05, 0.1) is 16.6 Å². The topological polar surface area (TPSA) is 37.8 Å². The minimum Gasteiger partial charge on any atom is -0.306 e. The summed E-state index contributed by atoms with van der Waals surface area (Å²) in [6, 6.07) is 2.81. The van der Waals surface area contributed by atoms with E-state index in [4.69, 9.17) is 0 Å². The van der Waals surface area contributed by atoms with Crippen LogP contribution >= 0.6 is 11.5 Å². The zero-order chi connectivity index (χ0) is 14.7. The van der Waals surface area contributed by atoms with Crippen molar-refractivity contribution < 1.29 is 8.78 Å². The molecule has 1 heterocycles. The largest absolute Gasteiger partial charge is 0.306 e. The highest BCUT2D eigenvalue weighted by Gasteiger charge is 2.24. The Morgan fingerprint density at radius 2 is 2.00 bits per heavy atom. The highest BCUT2D eigenvalue weighted by atomic mass is 32.1. The molecule has 0 saturated carbocycles. The van der Waals surface area contributed by atoms with Gasteiger partial charge in [-0.1, -0.05) is 30.5 Å². The molecule has 6 heteroatoms. The number of nitrogens with one attached hydrogen (secondary N) is 1. The van der Waals surface area contributed by atoms with Crippen LogP contribution in [0, 0.1) is 18.6 Å². The summed E-state index contributed by atoms with van der Waals surface area (Å²) in [4.78, 5) is 0.844. The highest BCUT2D eigenvalue weighted by molar-refractivity contribution is 7.05. The van der Waals surface area contributed by atoms with Gasteiger partial charge in [0.15, 0.2) is 11.6 Å². The fourth-order valence-electron chi connectivity index (χ4n) is 2.11. The summed E-state index contributed by atoms with van der Waals surface area (Å²) in [7, 11) is 0. The molecule has 1 N–H and O–H groups in total. The van der Waals surface area contributed by atoms with Crippen LogP contribution in [0.2, 0.25) is 0 Å². The maximum Gasteiger partial charge on any atom is 0.164 e. The van der Waals surface area contributed by atoms with Crippen molar-refractivity contribution in [2.45, 2.75) is 33.2 Å². The monoisotopic (exact) mass is 297 g/mol. The Hall–Kier alpha value is -1.40. The fraction of sp³-hybridized carbons (Fsp3) is 0.429. The molecule has 0 saturated heterocycles. The van der Waals surface area contributed by atoms with E-state index in [1.54, 1.807) is 19.1 Å². The second kappa shape index (κ2) is 6.37. The van der Waals surface area contributed by atoms with Crippen LogP contribution in [0.15, 0.2) is 12.1 Å². The van der Waals surface area contributed by atoms with E-state index in [0.29, 0.717) is 24.1 Å². The van der Waals surface area contributed by atoms with E-state index in [2.05, 4.69) is 14.9 Å². The first kappa shape index (κ1) is 15.0. The van der Waals surface area contributed by atoms with Gasteiger partial charge in [0.1, 0.15) is 0 Å². The normalized spacial score (nSPS) is 12.7. The minimum atomic E-state index is -0.800. The molecule has 20 heavy (non-hydrogen) atoms. The van der Waals surface area contributed by atoms with E-state index in [1.807, 2.05) is 13.8 Å². The van der Waals surface area contributed by atoms with Gasteiger partial charge in [0.2, 0.25) is 0 Å². The Labute approximate surface area is 121 Å². The van der Waals surface area contributed by atoms with E-state index in [1.165, 1.54) is 11.5 Å². The summed E-state index contributed by atoms with van der Waals surface area (Å²) in [6.07, 6.45) is 0.712. The second-order valence-corrected chi connectivity index (χ2v) is 5.31. The zero-order valence-electron chi connectivity index (χ0n) is 11.7. The molecular formula is C14H17F2N3S. The number of rotatable bonds is 5. The van der Waals surface area contributed by atoms with Gasteiger partial charge in [-0.05, 0) is 37.0 Å². The summed E-state index contributed by atoms with van der Waals surface area (Å²) in [5, 5.41) is 7.23. The van der Waals surface area contributed by atoms with Gasteiger partial charge in [-0.2, -0.15) is 0 Å². The average Bonchev–Trinajstić information content (AvgIpc) is 2.91. The molecular weight excluding hydrogens is 280 g/mol. The maximum absolute atomic E-state index is 14.2. The number of halogens is 2. The molecule has 0 radical (unpaired) electrons. The number of benzene rings is 1. The zero-order valence-corrected chi connectivity index (χ0v) is 12.5. The van der Waals surface area contributed by atoms with Crippen molar-refractivity contribution in [1.82, 2.24) is 14.9 Å². The first-order valence-electron chi connectivity index (χ1n) is 6.59. The van der Waals surface area contributed by atoms with E-state index < -0.39 is 17.7 Å². The van der Waals surface area contributed by atoms with Gasteiger partial charge >= 0.3 is 0 Å². The molecule has 0 fully saturated rings. The van der Waals surface area contributed by atoms with Crippen LogP contribution in [0.4, 0.5) is 8.78 Å². The number of hydrogen-bond acceptors (Lipinski definition) is 4. The molecule has 1 atom stereocenters. The van der Waals surface area contributed by atoms with Gasteiger partial charge in [-0.3, -0.25) is 0 Å². The maximum atomic E-state index is 14.2. The van der Waals surface area contributed by atoms with Crippen molar-refractivity contribution in [2.24, 2.45) is 0 Å².